The van der Waals surface area contributed by atoms with E-state index < -0.39 is 0 Å². The van der Waals surface area contributed by atoms with Crippen molar-refractivity contribution in [3.8, 4) is 0 Å². The Kier molecular flexibility index (Phi) is 8.34. The van der Waals surface area contributed by atoms with Gasteiger partial charge < -0.3 is 4.74 Å². The molecule has 2 fully saturated rings. The van der Waals surface area contributed by atoms with Crippen molar-refractivity contribution in [1.29, 1.82) is 0 Å². The summed E-state index contributed by atoms with van der Waals surface area (Å²) in [5.74, 6) is 0.0328. The van der Waals surface area contributed by atoms with E-state index in [-0.39, 0.29) is 22.5 Å². The lowest BCUT2D eigenvalue weighted by Crippen LogP contribution is -2.34. The van der Waals surface area contributed by atoms with Crippen LogP contribution in [0.25, 0.3) is 0 Å². The molecule has 0 saturated carbocycles. The predicted octanol–water partition coefficient (Wildman–Crippen LogP) is 3.06. The molecular formula is C14H27NO3S. The van der Waals surface area contributed by atoms with Crippen molar-refractivity contribution in [2.24, 2.45) is 0 Å². The first-order chi connectivity index (χ1) is 9.04. The average molecular weight is 289 g/mol. The highest BCUT2D eigenvalue weighted by atomic mass is 32.2. The molecule has 2 heterocycles. The first-order valence-electron chi connectivity index (χ1n) is 7.11. The molecule has 2 unspecified atom stereocenters. The van der Waals surface area contributed by atoms with Crippen LogP contribution in [-0.4, -0.2) is 40.0 Å². The molecule has 2 saturated heterocycles. The lowest BCUT2D eigenvalue weighted by molar-refractivity contribution is -0.130. The van der Waals surface area contributed by atoms with Crippen LogP contribution in [-0.2, 0) is 14.3 Å². The third kappa shape index (κ3) is 4.49. The van der Waals surface area contributed by atoms with E-state index in [2.05, 4.69) is 0 Å². The van der Waals surface area contributed by atoms with E-state index in [1.54, 1.807) is 11.2 Å². The van der Waals surface area contributed by atoms with Crippen molar-refractivity contribution in [2.45, 2.75) is 65.2 Å². The van der Waals surface area contributed by atoms with Gasteiger partial charge >= 0.3 is 0 Å². The van der Waals surface area contributed by atoms with Gasteiger partial charge in [-0.1, -0.05) is 27.7 Å². The summed E-state index contributed by atoms with van der Waals surface area (Å²) >= 11 is 1.50. The van der Waals surface area contributed by atoms with Crippen molar-refractivity contribution in [1.82, 2.24) is 4.31 Å². The fourth-order valence-corrected chi connectivity index (χ4v) is 3.60. The van der Waals surface area contributed by atoms with Gasteiger partial charge in [0.25, 0.3) is 0 Å². The number of amides is 1. The van der Waals surface area contributed by atoms with Crippen LogP contribution in [0.1, 0.15) is 54.4 Å². The minimum atomic E-state index is -0.255. The molecule has 0 radical (unpaired) electrons. The number of rotatable bonds is 1. The van der Waals surface area contributed by atoms with Crippen LogP contribution < -0.4 is 0 Å². The number of Topliss-reactive ketones (excluding diaryl/α,β-unsaturated/α-hetero) is 1. The second-order valence-corrected chi connectivity index (χ2v) is 5.69. The second kappa shape index (κ2) is 8.59. The monoisotopic (exact) mass is 289 g/mol. The summed E-state index contributed by atoms with van der Waals surface area (Å²) in [6.07, 6.45) is 1.68. The van der Waals surface area contributed by atoms with Gasteiger partial charge in [0.05, 0.1) is 11.4 Å². The summed E-state index contributed by atoms with van der Waals surface area (Å²) in [5.41, 5.74) is 0. The Morgan fingerprint density at radius 2 is 1.79 bits per heavy atom. The first-order valence-corrected chi connectivity index (χ1v) is 7.89. The first kappa shape index (κ1) is 18.4. The van der Waals surface area contributed by atoms with Crippen LogP contribution in [0.4, 0.5) is 0 Å². The minimum Gasteiger partial charge on any atom is -0.380 e. The Morgan fingerprint density at radius 1 is 1.21 bits per heavy atom. The van der Waals surface area contributed by atoms with Crippen LogP contribution in [0.2, 0.25) is 0 Å². The number of ketones is 1. The normalized spacial score (nSPS) is 28.3. The number of carbonyl (C=O) groups is 2. The highest BCUT2D eigenvalue weighted by molar-refractivity contribution is 7.99. The lowest BCUT2D eigenvalue weighted by Gasteiger charge is -2.20. The minimum absolute atomic E-state index is 0.0258. The standard InChI is InChI=1S/C10H15NO3S.2C2H6/c1-7(12)9-5-10(3-4-14-6-10)15-11(9)8(2)13;2*1-2/h9H,3-6H2,1-2H3;2*1-2H3. The molecule has 0 N–H and O–H groups in total. The summed E-state index contributed by atoms with van der Waals surface area (Å²) in [5, 5.41) is 0. The molecular weight excluding hydrogens is 262 g/mol. The van der Waals surface area contributed by atoms with E-state index in [4.69, 9.17) is 4.74 Å². The zero-order valence-electron chi connectivity index (χ0n) is 13.0. The van der Waals surface area contributed by atoms with Gasteiger partial charge in [0.1, 0.15) is 6.04 Å². The summed E-state index contributed by atoms with van der Waals surface area (Å²) in [6.45, 7) is 12.5. The fraction of sp³-hybridized carbons (Fsp3) is 0.857. The summed E-state index contributed by atoms with van der Waals surface area (Å²) in [7, 11) is 0. The van der Waals surface area contributed by atoms with Crippen molar-refractivity contribution >= 4 is 23.6 Å². The quantitative estimate of drug-likeness (QED) is 0.696. The predicted molar refractivity (Wildman–Crippen MR) is 80.1 cm³/mol. The van der Waals surface area contributed by atoms with Crippen molar-refractivity contribution in [3.63, 3.8) is 0 Å². The van der Waals surface area contributed by atoms with Gasteiger partial charge in [0.15, 0.2) is 5.78 Å². The van der Waals surface area contributed by atoms with Gasteiger partial charge in [-0.05, 0) is 31.7 Å². The summed E-state index contributed by atoms with van der Waals surface area (Å²) in [4.78, 5) is 22.9. The molecule has 0 aromatic heterocycles. The van der Waals surface area contributed by atoms with Gasteiger partial charge in [-0.15, -0.1) is 0 Å². The molecule has 1 amide bonds. The van der Waals surface area contributed by atoms with Crippen LogP contribution in [0, 0.1) is 0 Å². The number of nitrogens with zero attached hydrogens (tertiary/aromatic N) is 1. The molecule has 0 bridgehead atoms. The van der Waals surface area contributed by atoms with Gasteiger partial charge in [0, 0.05) is 13.5 Å². The molecule has 5 heteroatoms. The third-order valence-electron chi connectivity index (χ3n) is 2.99. The number of ether oxygens (including phenoxy) is 1. The smallest absolute Gasteiger partial charge is 0.229 e. The highest BCUT2D eigenvalue weighted by Crippen LogP contribution is 2.48. The van der Waals surface area contributed by atoms with Crippen LogP contribution >= 0.6 is 11.9 Å². The molecule has 2 aliphatic rings. The Bertz CT molecular complexity index is 277. The number of carbonyl (C=O) groups excluding carboxylic acids is 2. The fourth-order valence-electron chi connectivity index (χ4n) is 2.16. The zero-order valence-corrected chi connectivity index (χ0v) is 13.8. The van der Waals surface area contributed by atoms with E-state index in [0.29, 0.717) is 6.61 Å². The van der Waals surface area contributed by atoms with Gasteiger partial charge in [-0.25, -0.2) is 0 Å². The van der Waals surface area contributed by atoms with Gasteiger partial charge in [-0.3, -0.25) is 13.9 Å². The number of hydrogen-bond acceptors (Lipinski definition) is 4. The maximum atomic E-state index is 11.5. The van der Waals surface area contributed by atoms with Crippen molar-refractivity contribution in [3.05, 3.63) is 0 Å². The van der Waals surface area contributed by atoms with Crippen LogP contribution in [0.5, 0.6) is 0 Å². The molecule has 1 spiro atoms. The largest absolute Gasteiger partial charge is 0.380 e. The molecule has 2 rings (SSSR count). The third-order valence-corrected chi connectivity index (χ3v) is 4.57. The Hall–Kier alpha value is -0.550. The van der Waals surface area contributed by atoms with Crippen LogP contribution in [0.3, 0.4) is 0 Å². The zero-order chi connectivity index (χ0) is 15.1. The van der Waals surface area contributed by atoms with E-state index >= 15 is 0 Å². The van der Waals surface area contributed by atoms with Crippen molar-refractivity contribution < 1.29 is 14.3 Å². The van der Waals surface area contributed by atoms with Gasteiger partial charge in [0.2, 0.25) is 5.91 Å². The summed E-state index contributed by atoms with van der Waals surface area (Å²) in [6, 6.07) is -0.255. The Balaban J connectivity index is 0.000000741. The number of hydrogen-bond donors (Lipinski definition) is 0. The summed E-state index contributed by atoms with van der Waals surface area (Å²) < 4.78 is 6.96. The average Bonchev–Trinajstić information content (AvgIpc) is 3.03. The Labute approximate surface area is 121 Å². The lowest BCUT2D eigenvalue weighted by atomic mass is 9.96. The molecule has 0 aliphatic carbocycles. The van der Waals surface area contributed by atoms with Crippen molar-refractivity contribution in [2.75, 3.05) is 13.2 Å². The molecule has 0 aromatic carbocycles. The SMILES string of the molecule is CC.CC.CC(=O)C1CC2(CCOC2)SN1C(C)=O. The van der Waals surface area contributed by atoms with E-state index in [1.165, 1.54) is 18.9 Å². The maximum Gasteiger partial charge on any atom is 0.229 e. The van der Waals surface area contributed by atoms with Crippen LogP contribution in [0.15, 0.2) is 0 Å². The van der Waals surface area contributed by atoms with Gasteiger partial charge in [-0.2, -0.15) is 0 Å². The molecule has 0 aromatic rings. The topological polar surface area (TPSA) is 46.6 Å². The van der Waals surface area contributed by atoms with E-state index in [1.807, 2.05) is 27.7 Å². The van der Waals surface area contributed by atoms with E-state index in [0.717, 1.165) is 19.4 Å². The molecule has 4 nitrogen and oxygen atoms in total. The molecule has 112 valence electrons. The molecule has 2 aliphatic heterocycles. The maximum absolute atomic E-state index is 11.5. The molecule has 2 atom stereocenters. The van der Waals surface area contributed by atoms with E-state index in [9.17, 15) is 9.59 Å². The Morgan fingerprint density at radius 3 is 2.11 bits per heavy atom. The highest BCUT2D eigenvalue weighted by Gasteiger charge is 2.50. The molecule has 19 heavy (non-hydrogen) atoms. The second-order valence-electron chi connectivity index (χ2n) is 4.25.